The van der Waals surface area contributed by atoms with Crippen molar-refractivity contribution in [1.82, 2.24) is 15.0 Å². The van der Waals surface area contributed by atoms with E-state index in [0.29, 0.717) is 17.5 Å². The van der Waals surface area contributed by atoms with E-state index in [1.165, 1.54) is 5.39 Å². The molecule has 0 N–H and O–H groups in total. The molecule has 0 bridgehead atoms. The van der Waals surface area contributed by atoms with Crippen molar-refractivity contribution in [1.29, 1.82) is 0 Å². The fourth-order valence-corrected chi connectivity index (χ4v) is 7.69. The molecule has 0 atom stereocenters. The molecule has 0 aliphatic heterocycles. The van der Waals surface area contributed by atoms with Gasteiger partial charge < -0.3 is 8.83 Å². The fraction of sp³-hybridized carbons (Fsp3) is 0. The summed E-state index contributed by atoms with van der Waals surface area (Å²) in [6.45, 7) is 0. The molecule has 5 nitrogen and oxygen atoms in total. The minimum absolute atomic E-state index is 0.588. The molecule has 0 saturated carbocycles. The molecule has 11 rings (SSSR count). The van der Waals surface area contributed by atoms with Gasteiger partial charge in [0.25, 0.3) is 0 Å². The second-order valence-electron chi connectivity index (χ2n) is 13.1. The molecule has 5 heteroatoms. The Balaban J connectivity index is 1.17. The monoisotopic (exact) mass is 665 g/mol. The van der Waals surface area contributed by atoms with Crippen molar-refractivity contribution in [3.05, 3.63) is 164 Å². The van der Waals surface area contributed by atoms with Crippen LogP contribution in [0.2, 0.25) is 0 Å². The quantitative estimate of drug-likeness (QED) is 0.187. The highest BCUT2D eigenvalue weighted by molar-refractivity contribution is 6.24. The molecule has 0 unspecified atom stereocenters. The van der Waals surface area contributed by atoms with Crippen LogP contribution in [0.15, 0.2) is 173 Å². The number of nitrogens with zero attached hydrogens (tertiary/aromatic N) is 3. The maximum atomic E-state index is 6.83. The highest BCUT2D eigenvalue weighted by atomic mass is 16.3. The number of fused-ring (bicyclic) bond motifs is 9. The molecule has 3 aromatic heterocycles. The topological polar surface area (TPSA) is 65.0 Å². The minimum Gasteiger partial charge on any atom is -0.455 e. The van der Waals surface area contributed by atoms with Crippen molar-refractivity contribution in [2.45, 2.75) is 0 Å². The second-order valence-corrected chi connectivity index (χ2v) is 13.1. The number of hydrogen-bond donors (Lipinski definition) is 0. The molecule has 8 aromatic carbocycles. The summed E-state index contributed by atoms with van der Waals surface area (Å²) in [5.74, 6) is 1.82. The largest absolute Gasteiger partial charge is 0.455 e. The Bertz CT molecular complexity index is 3190. The molecular formula is C47H27N3O2. The number of benzene rings is 8. The van der Waals surface area contributed by atoms with E-state index < -0.39 is 0 Å². The molecule has 0 radical (unpaired) electrons. The lowest BCUT2D eigenvalue weighted by Gasteiger charge is -2.10. The third-order valence-corrected chi connectivity index (χ3v) is 10.1. The van der Waals surface area contributed by atoms with E-state index in [1.807, 2.05) is 54.6 Å². The van der Waals surface area contributed by atoms with Crippen molar-refractivity contribution < 1.29 is 8.83 Å². The molecule has 0 aliphatic carbocycles. The fourth-order valence-electron chi connectivity index (χ4n) is 7.69. The number of furan rings is 2. The van der Waals surface area contributed by atoms with Crippen LogP contribution in [-0.4, -0.2) is 15.0 Å². The van der Waals surface area contributed by atoms with Gasteiger partial charge in [-0.2, -0.15) is 0 Å². The van der Waals surface area contributed by atoms with E-state index in [0.717, 1.165) is 87.9 Å². The summed E-state index contributed by atoms with van der Waals surface area (Å²) in [5, 5.41) is 8.60. The molecular weight excluding hydrogens is 639 g/mol. The van der Waals surface area contributed by atoms with Gasteiger partial charge in [0, 0.05) is 49.2 Å². The first kappa shape index (κ1) is 28.7. The number of rotatable bonds is 4. The van der Waals surface area contributed by atoms with Crippen LogP contribution in [0, 0.1) is 0 Å². The summed E-state index contributed by atoms with van der Waals surface area (Å²) in [7, 11) is 0. The van der Waals surface area contributed by atoms with E-state index in [1.54, 1.807) is 0 Å². The predicted octanol–water partition coefficient (Wildman–Crippen LogP) is 12.6. The van der Waals surface area contributed by atoms with Gasteiger partial charge in [-0.25, -0.2) is 15.0 Å². The zero-order chi connectivity index (χ0) is 34.2. The summed E-state index contributed by atoms with van der Waals surface area (Å²) < 4.78 is 13.4. The van der Waals surface area contributed by atoms with Crippen LogP contribution in [-0.2, 0) is 0 Å². The van der Waals surface area contributed by atoms with E-state index in [9.17, 15) is 0 Å². The van der Waals surface area contributed by atoms with Gasteiger partial charge in [0.2, 0.25) is 0 Å². The zero-order valence-corrected chi connectivity index (χ0v) is 27.7. The molecule has 0 saturated heterocycles. The first-order valence-corrected chi connectivity index (χ1v) is 17.4. The highest BCUT2D eigenvalue weighted by Gasteiger charge is 2.22. The lowest BCUT2D eigenvalue weighted by atomic mass is 9.94. The van der Waals surface area contributed by atoms with Gasteiger partial charge in [-0.3, -0.25) is 0 Å². The highest BCUT2D eigenvalue weighted by Crippen LogP contribution is 2.45. The Morgan fingerprint density at radius 3 is 1.85 bits per heavy atom. The molecule has 52 heavy (non-hydrogen) atoms. The van der Waals surface area contributed by atoms with Crippen molar-refractivity contribution in [3.8, 4) is 45.3 Å². The van der Waals surface area contributed by atoms with E-state index in [2.05, 4.69) is 109 Å². The van der Waals surface area contributed by atoms with Crippen LogP contribution in [0.25, 0.3) is 111 Å². The third kappa shape index (κ3) is 4.39. The Labute approximate surface area is 297 Å². The summed E-state index contributed by atoms with van der Waals surface area (Å²) >= 11 is 0. The zero-order valence-electron chi connectivity index (χ0n) is 27.7. The SMILES string of the molecule is c1ccc(-c2nc(-c3ccc4ccccc4c3)nc(-c3cccc4oc5c(-c6cc7ccccc7c7oc8ccccc8c67)cccc5c34)n2)cc1. The molecule has 0 fully saturated rings. The van der Waals surface area contributed by atoms with Crippen LogP contribution in [0.4, 0.5) is 0 Å². The summed E-state index contributed by atoms with van der Waals surface area (Å²) in [6.07, 6.45) is 0. The maximum absolute atomic E-state index is 6.83. The van der Waals surface area contributed by atoms with Gasteiger partial charge in [0.15, 0.2) is 17.5 Å². The maximum Gasteiger partial charge on any atom is 0.164 e. The van der Waals surface area contributed by atoms with Crippen molar-refractivity contribution >= 4 is 65.4 Å². The van der Waals surface area contributed by atoms with Crippen LogP contribution in [0.1, 0.15) is 0 Å². The van der Waals surface area contributed by atoms with Crippen LogP contribution in [0.5, 0.6) is 0 Å². The van der Waals surface area contributed by atoms with Crippen molar-refractivity contribution in [3.63, 3.8) is 0 Å². The Morgan fingerprint density at radius 1 is 0.327 bits per heavy atom. The van der Waals surface area contributed by atoms with E-state index in [-0.39, 0.29) is 0 Å². The lowest BCUT2D eigenvalue weighted by molar-refractivity contribution is 0.670. The molecule has 3 heterocycles. The molecule has 0 amide bonds. The van der Waals surface area contributed by atoms with Crippen molar-refractivity contribution in [2.24, 2.45) is 0 Å². The van der Waals surface area contributed by atoms with Crippen molar-refractivity contribution in [2.75, 3.05) is 0 Å². The Kier molecular flexibility index (Phi) is 6.18. The standard InChI is InChI=1S/C47H27N3O2/c1-2-13-29(14-3-1)45-48-46(32-25-24-28-12-4-5-15-30(28)26-32)50-47(49-45)37-21-11-23-40-41(37)36-20-10-19-34(43(36)52-40)38-27-31-16-6-7-17-33(31)44-42(38)35-18-8-9-22-39(35)51-44/h1-27H. The van der Waals surface area contributed by atoms with Gasteiger partial charge in [0.05, 0.1) is 0 Å². The Morgan fingerprint density at radius 2 is 0.962 bits per heavy atom. The van der Waals surface area contributed by atoms with Gasteiger partial charge in [-0.05, 0) is 46.0 Å². The minimum atomic E-state index is 0.588. The summed E-state index contributed by atoms with van der Waals surface area (Å²) in [4.78, 5) is 15.3. The van der Waals surface area contributed by atoms with Gasteiger partial charge in [-0.1, -0.05) is 140 Å². The number of hydrogen-bond acceptors (Lipinski definition) is 5. The van der Waals surface area contributed by atoms with Gasteiger partial charge >= 0.3 is 0 Å². The summed E-state index contributed by atoms with van der Waals surface area (Å²) in [6, 6.07) is 56.2. The normalized spacial score (nSPS) is 11.8. The molecule has 0 spiro atoms. The smallest absolute Gasteiger partial charge is 0.164 e. The third-order valence-electron chi connectivity index (χ3n) is 10.1. The molecule has 0 aliphatic rings. The van der Waals surface area contributed by atoms with Crippen LogP contribution >= 0.6 is 0 Å². The number of para-hydroxylation sites is 2. The summed E-state index contributed by atoms with van der Waals surface area (Å²) in [5.41, 5.74) is 8.11. The average Bonchev–Trinajstić information content (AvgIpc) is 3.80. The van der Waals surface area contributed by atoms with Crippen LogP contribution < -0.4 is 0 Å². The molecule has 242 valence electrons. The number of aromatic nitrogens is 3. The van der Waals surface area contributed by atoms with Gasteiger partial charge in [0.1, 0.15) is 22.3 Å². The van der Waals surface area contributed by atoms with E-state index >= 15 is 0 Å². The Hall–Kier alpha value is -7.11. The van der Waals surface area contributed by atoms with Gasteiger partial charge in [-0.15, -0.1) is 0 Å². The van der Waals surface area contributed by atoms with E-state index in [4.69, 9.17) is 23.8 Å². The molecule has 11 aromatic rings. The first-order valence-electron chi connectivity index (χ1n) is 17.4. The first-order chi connectivity index (χ1) is 25.8. The average molecular weight is 666 g/mol. The second kappa shape index (κ2) is 11.2. The predicted molar refractivity (Wildman–Crippen MR) is 211 cm³/mol. The van der Waals surface area contributed by atoms with Crippen LogP contribution in [0.3, 0.4) is 0 Å². The lowest BCUT2D eigenvalue weighted by Crippen LogP contribution is -2.00.